The van der Waals surface area contributed by atoms with Crippen LogP contribution in [0.4, 0.5) is 0 Å². The maximum atomic E-state index is 11.8. The first-order chi connectivity index (χ1) is 7.00. The van der Waals surface area contributed by atoms with Crippen LogP contribution in [0, 0.1) is 0 Å². The molecule has 1 heterocycles. The molecule has 0 spiro atoms. The van der Waals surface area contributed by atoms with Crippen molar-refractivity contribution in [1.82, 2.24) is 10.3 Å². The van der Waals surface area contributed by atoms with Gasteiger partial charge in [0.15, 0.2) is 0 Å². The van der Waals surface area contributed by atoms with Crippen LogP contribution in [0.25, 0.3) is 0 Å². The minimum Gasteiger partial charge on any atom is -0.347 e. The van der Waals surface area contributed by atoms with E-state index >= 15 is 0 Å². The third-order valence-corrected chi connectivity index (χ3v) is 4.24. The summed E-state index contributed by atoms with van der Waals surface area (Å²) in [5.41, 5.74) is 0.592. The number of aromatic nitrogens is 1. The molecule has 1 aromatic rings. The number of nitrogens with zero attached hydrogens (tertiary/aromatic N) is 1. The normalized spacial score (nSPS) is 17.3. The van der Waals surface area contributed by atoms with Crippen molar-refractivity contribution < 1.29 is 4.79 Å². The minimum absolute atomic E-state index is 0.0105. The zero-order valence-electron chi connectivity index (χ0n) is 8.18. The molecule has 2 rings (SSSR count). The number of rotatable bonds is 2. The van der Waals surface area contributed by atoms with E-state index in [1.807, 2.05) is 6.92 Å². The summed E-state index contributed by atoms with van der Waals surface area (Å²) in [5.74, 6) is -0.0595. The second kappa shape index (κ2) is 3.87. The fourth-order valence-corrected chi connectivity index (χ4v) is 1.77. The van der Waals surface area contributed by atoms with Crippen LogP contribution >= 0.6 is 31.9 Å². The summed E-state index contributed by atoms with van der Waals surface area (Å²) in [6.45, 7) is 2.05. The van der Waals surface area contributed by atoms with Crippen LogP contribution in [0.1, 0.15) is 30.1 Å². The molecule has 1 amide bonds. The molecular weight excluding hydrogens is 324 g/mol. The van der Waals surface area contributed by atoms with Gasteiger partial charge in [-0.15, -0.1) is 0 Å². The predicted molar refractivity (Wildman–Crippen MR) is 64.7 cm³/mol. The van der Waals surface area contributed by atoms with Crippen molar-refractivity contribution in [2.24, 2.45) is 0 Å². The number of hydrogen-bond donors (Lipinski definition) is 1. The molecule has 0 atom stereocenters. The molecule has 0 aliphatic heterocycles. The fourth-order valence-electron chi connectivity index (χ4n) is 1.20. The average Bonchev–Trinajstić information content (AvgIpc) is 2.88. The number of carbonyl (C=O) groups excluding carboxylic acids is 1. The van der Waals surface area contributed by atoms with E-state index in [1.165, 1.54) is 0 Å². The second-order valence-electron chi connectivity index (χ2n) is 4.01. The van der Waals surface area contributed by atoms with Gasteiger partial charge in [0.2, 0.25) is 0 Å². The van der Waals surface area contributed by atoms with Crippen molar-refractivity contribution in [3.8, 4) is 0 Å². The number of carbonyl (C=O) groups is 1. The van der Waals surface area contributed by atoms with Gasteiger partial charge in [0.25, 0.3) is 5.91 Å². The summed E-state index contributed by atoms with van der Waals surface area (Å²) >= 11 is 6.58. The highest BCUT2D eigenvalue weighted by molar-refractivity contribution is 9.13. The summed E-state index contributed by atoms with van der Waals surface area (Å²) < 4.78 is 1.49. The molecule has 1 aromatic heterocycles. The smallest absolute Gasteiger partial charge is 0.253 e. The molecule has 1 aliphatic carbocycles. The van der Waals surface area contributed by atoms with Crippen LogP contribution < -0.4 is 5.32 Å². The van der Waals surface area contributed by atoms with E-state index in [-0.39, 0.29) is 11.4 Å². The van der Waals surface area contributed by atoms with E-state index < -0.39 is 0 Å². The Morgan fingerprint density at radius 1 is 1.53 bits per heavy atom. The van der Waals surface area contributed by atoms with Gasteiger partial charge in [0.1, 0.15) is 4.60 Å². The Hall–Kier alpha value is -0.420. The zero-order valence-corrected chi connectivity index (χ0v) is 11.4. The first kappa shape index (κ1) is 11.1. The second-order valence-corrected chi connectivity index (χ2v) is 5.62. The van der Waals surface area contributed by atoms with E-state index in [0.717, 1.165) is 17.3 Å². The molecule has 80 valence electrons. The van der Waals surface area contributed by atoms with Gasteiger partial charge in [-0.05, 0) is 57.7 Å². The number of halogens is 2. The summed E-state index contributed by atoms with van der Waals surface area (Å²) in [7, 11) is 0. The standard InChI is InChI=1S/C10H10Br2N2O/c1-10(2-3-10)14-9(15)6-4-7(11)8(12)13-5-6/h4-5H,2-3H2,1H3,(H,14,15). The van der Waals surface area contributed by atoms with Crippen LogP contribution in [0.2, 0.25) is 0 Å². The molecule has 1 saturated carbocycles. The van der Waals surface area contributed by atoms with Crippen LogP contribution in [-0.4, -0.2) is 16.4 Å². The van der Waals surface area contributed by atoms with Crippen molar-refractivity contribution in [3.63, 3.8) is 0 Å². The van der Waals surface area contributed by atoms with Gasteiger partial charge in [-0.25, -0.2) is 4.98 Å². The number of nitrogens with one attached hydrogen (secondary N) is 1. The van der Waals surface area contributed by atoms with Crippen molar-refractivity contribution in [3.05, 3.63) is 26.9 Å². The fraction of sp³-hybridized carbons (Fsp3) is 0.400. The quantitative estimate of drug-likeness (QED) is 0.845. The monoisotopic (exact) mass is 332 g/mol. The van der Waals surface area contributed by atoms with Crippen molar-refractivity contribution in [2.75, 3.05) is 0 Å². The lowest BCUT2D eigenvalue weighted by Gasteiger charge is -2.11. The van der Waals surface area contributed by atoms with Gasteiger partial charge in [0, 0.05) is 11.7 Å². The molecule has 0 unspecified atom stereocenters. The van der Waals surface area contributed by atoms with Crippen LogP contribution in [0.3, 0.4) is 0 Å². The van der Waals surface area contributed by atoms with Gasteiger partial charge >= 0.3 is 0 Å². The van der Waals surface area contributed by atoms with Crippen LogP contribution in [-0.2, 0) is 0 Å². The van der Waals surface area contributed by atoms with Gasteiger partial charge in [-0.3, -0.25) is 4.79 Å². The Balaban J connectivity index is 2.15. The third-order valence-electron chi connectivity index (χ3n) is 2.47. The highest BCUT2D eigenvalue weighted by Crippen LogP contribution is 2.34. The molecule has 0 radical (unpaired) electrons. The molecule has 0 saturated heterocycles. The summed E-state index contributed by atoms with van der Waals surface area (Å²) in [6, 6.07) is 1.76. The molecule has 0 bridgehead atoms. The maximum absolute atomic E-state index is 11.8. The van der Waals surface area contributed by atoms with Crippen molar-refractivity contribution in [2.45, 2.75) is 25.3 Å². The lowest BCUT2D eigenvalue weighted by molar-refractivity contribution is 0.0935. The lowest BCUT2D eigenvalue weighted by atomic mass is 10.2. The van der Waals surface area contributed by atoms with Crippen LogP contribution in [0.15, 0.2) is 21.3 Å². The topological polar surface area (TPSA) is 42.0 Å². The first-order valence-electron chi connectivity index (χ1n) is 4.64. The molecule has 0 aromatic carbocycles. The Morgan fingerprint density at radius 2 is 2.20 bits per heavy atom. The highest BCUT2D eigenvalue weighted by Gasteiger charge is 2.38. The largest absolute Gasteiger partial charge is 0.347 e. The molecule has 3 nitrogen and oxygen atoms in total. The van der Waals surface area contributed by atoms with Gasteiger partial charge in [-0.1, -0.05) is 0 Å². The lowest BCUT2D eigenvalue weighted by Crippen LogP contribution is -2.34. The molecule has 15 heavy (non-hydrogen) atoms. The highest BCUT2D eigenvalue weighted by atomic mass is 79.9. The minimum atomic E-state index is -0.0595. The van der Waals surface area contributed by atoms with Crippen molar-refractivity contribution >= 4 is 37.8 Å². The molecular formula is C10H10Br2N2O. The number of pyridine rings is 1. The van der Waals surface area contributed by atoms with E-state index in [2.05, 4.69) is 42.2 Å². The Kier molecular flexibility index (Phi) is 2.85. The Morgan fingerprint density at radius 3 is 2.73 bits per heavy atom. The van der Waals surface area contributed by atoms with Crippen LogP contribution in [0.5, 0.6) is 0 Å². The molecule has 1 aliphatic rings. The number of hydrogen-bond acceptors (Lipinski definition) is 2. The Bertz CT molecular complexity index is 416. The predicted octanol–water partition coefficient (Wildman–Crippen LogP) is 2.89. The third kappa shape index (κ3) is 2.58. The Labute approximate surface area is 105 Å². The van der Waals surface area contributed by atoms with Crippen molar-refractivity contribution in [1.29, 1.82) is 0 Å². The van der Waals surface area contributed by atoms with E-state index in [1.54, 1.807) is 12.3 Å². The van der Waals surface area contributed by atoms with Gasteiger partial charge in [0.05, 0.1) is 10.0 Å². The summed E-state index contributed by atoms with van der Waals surface area (Å²) in [5, 5.41) is 2.98. The average molecular weight is 334 g/mol. The van der Waals surface area contributed by atoms with Gasteiger partial charge in [-0.2, -0.15) is 0 Å². The van der Waals surface area contributed by atoms with E-state index in [0.29, 0.717) is 10.2 Å². The summed E-state index contributed by atoms with van der Waals surface area (Å²) in [4.78, 5) is 15.8. The SMILES string of the molecule is CC1(NC(=O)c2cnc(Br)c(Br)c2)CC1. The molecule has 5 heteroatoms. The zero-order chi connectivity index (χ0) is 11.1. The van der Waals surface area contributed by atoms with Gasteiger partial charge < -0.3 is 5.32 Å². The van der Waals surface area contributed by atoms with E-state index in [9.17, 15) is 4.79 Å². The molecule has 1 fully saturated rings. The maximum Gasteiger partial charge on any atom is 0.253 e. The summed E-state index contributed by atoms with van der Waals surface area (Å²) in [6.07, 6.45) is 3.68. The molecule has 1 N–H and O–H groups in total. The first-order valence-corrected chi connectivity index (χ1v) is 6.22. The van der Waals surface area contributed by atoms with E-state index in [4.69, 9.17) is 0 Å². The number of amides is 1.